The van der Waals surface area contributed by atoms with E-state index in [1.165, 1.54) is 28.8 Å². The third-order valence-corrected chi connectivity index (χ3v) is 6.46. The third kappa shape index (κ3) is 9.39. The van der Waals surface area contributed by atoms with Crippen molar-refractivity contribution in [3.63, 3.8) is 0 Å². The van der Waals surface area contributed by atoms with Crippen molar-refractivity contribution in [2.45, 2.75) is 66.3 Å². The van der Waals surface area contributed by atoms with Gasteiger partial charge in [-0.05, 0) is 86.6 Å². The predicted molar refractivity (Wildman–Crippen MR) is 157 cm³/mol. The number of methoxy groups -OCH3 is 1. The van der Waals surface area contributed by atoms with Crippen LogP contribution in [0.2, 0.25) is 0 Å². The number of hydrogen-bond donors (Lipinski definition) is 1. The number of rotatable bonds is 10. The fourth-order valence-corrected chi connectivity index (χ4v) is 4.55. The lowest BCUT2D eigenvalue weighted by atomic mass is 9.92. The van der Waals surface area contributed by atoms with Gasteiger partial charge in [0.1, 0.15) is 5.75 Å². The summed E-state index contributed by atoms with van der Waals surface area (Å²) in [5.74, 6) is 1.55. The van der Waals surface area contributed by atoms with Crippen molar-refractivity contribution in [2.24, 2.45) is 5.92 Å². The van der Waals surface area contributed by atoms with E-state index < -0.39 is 0 Å². The van der Waals surface area contributed by atoms with E-state index in [0.29, 0.717) is 12.0 Å². The van der Waals surface area contributed by atoms with Gasteiger partial charge in [-0.2, -0.15) is 0 Å². The SMILES string of the molecule is C=C(CC(C)C)C1=CN(CCC)C(C)/C1=C\C=C/CC.COc1ccc(NC2=CCCN(C)C2)cc1. The zero-order chi connectivity index (χ0) is 26.5. The lowest BCUT2D eigenvalue weighted by Crippen LogP contribution is -2.28. The van der Waals surface area contributed by atoms with Crippen LogP contribution in [0.1, 0.15) is 60.3 Å². The van der Waals surface area contributed by atoms with Crippen LogP contribution in [0.15, 0.2) is 83.8 Å². The Labute approximate surface area is 221 Å². The molecule has 0 saturated carbocycles. The summed E-state index contributed by atoms with van der Waals surface area (Å²) in [5.41, 5.74) is 6.46. The number of likely N-dealkylation sites (N-methyl/N-ethyl adjacent to an activating group) is 1. The lowest BCUT2D eigenvalue weighted by Gasteiger charge is -2.23. The predicted octanol–water partition coefficient (Wildman–Crippen LogP) is 7.81. The van der Waals surface area contributed by atoms with Crippen molar-refractivity contribution >= 4 is 5.69 Å². The minimum atomic E-state index is 0.468. The number of nitrogens with zero attached hydrogens (tertiary/aromatic N) is 2. The number of nitrogens with one attached hydrogen (secondary N) is 1. The molecule has 1 aromatic rings. The highest BCUT2D eigenvalue weighted by atomic mass is 16.5. The Morgan fingerprint density at radius 1 is 1.22 bits per heavy atom. The first-order valence-electron chi connectivity index (χ1n) is 13.6. The first-order chi connectivity index (χ1) is 17.3. The van der Waals surface area contributed by atoms with Gasteiger partial charge in [-0.1, -0.05) is 58.6 Å². The minimum absolute atomic E-state index is 0.468. The molecular weight excluding hydrogens is 442 g/mol. The summed E-state index contributed by atoms with van der Waals surface area (Å²) in [7, 11) is 3.82. The molecule has 36 heavy (non-hydrogen) atoms. The van der Waals surface area contributed by atoms with Crippen molar-refractivity contribution in [3.8, 4) is 5.75 Å². The molecule has 0 fully saturated rings. The molecular formula is C32H49N3O. The highest BCUT2D eigenvalue weighted by molar-refractivity contribution is 5.53. The maximum Gasteiger partial charge on any atom is 0.119 e. The van der Waals surface area contributed by atoms with Gasteiger partial charge in [0.15, 0.2) is 0 Å². The number of allylic oxidation sites excluding steroid dienone is 4. The van der Waals surface area contributed by atoms with E-state index >= 15 is 0 Å². The molecule has 0 saturated heterocycles. The largest absolute Gasteiger partial charge is 0.497 e. The summed E-state index contributed by atoms with van der Waals surface area (Å²) < 4.78 is 5.13. The first kappa shape index (κ1) is 29.5. The molecule has 2 aliphatic rings. The van der Waals surface area contributed by atoms with Gasteiger partial charge >= 0.3 is 0 Å². The average Bonchev–Trinajstić information content (AvgIpc) is 3.15. The minimum Gasteiger partial charge on any atom is -0.497 e. The van der Waals surface area contributed by atoms with Gasteiger partial charge in [0.25, 0.3) is 0 Å². The first-order valence-corrected chi connectivity index (χ1v) is 13.6. The Bertz CT molecular complexity index is 937. The van der Waals surface area contributed by atoms with Crippen molar-refractivity contribution < 1.29 is 4.74 Å². The summed E-state index contributed by atoms with van der Waals surface area (Å²) in [5, 5.41) is 3.43. The van der Waals surface area contributed by atoms with Crippen molar-refractivity contribution in [1.82, 2.24) is 9.80 Å². The van der Waals surface area contributed by atoms with Crippen LogP contribution in [0, 0.1) is 5.92 Å². The third-order valence-electron chi connectivity index (χ3n) is 6.46. The standard InChI is InChI=1S/C19H31N.C13H18N2O/c1-7-9-10-11-18-17(6)20(12-8-2)14-19(18)16(5)13-15(3)4;1-15-9-3-4-12(10-15)14-11-5-7-13(16-2)8-6-11/h9-11,14-15,17H,5,7-8,12-13H2,1-4,6H3;4-8,14H,3,9-10H2,1-2H3/b10-9-,18-11+;. The Hall–Kier alpha value is -2.72. The Balaban J connectivity index is 0.000000259. The molecule has 0 spiro atoms. The molecule has 0 amide bonds. The Kier molecular flexibility index (Phi) is 12.6. The fourth-order valence-electron chi connectivity index (χ4n) is 4.55. The smallest absolute Gasteiger partial charge is 0.119 e. The summed E-state index contributed by atoms with van der Waals surface area (Å²) in [6.07, 6.45) is 15.7. The molecule has 0 bridgehead atoms. The highest BCUT2D eigenvalue weighted by Crippen LogP contribution is 2.34. The summed E-state index contributed by atoms with van der Waals surface area (Å²) in [6.45, 7) is 18.8. The second-order valence-corrected chi connectivity index (χ2v) is 10.2. The molecule has 4 heteroatoms. The Morgan fingerprint density at radius 3 is 2.53 bits per heavy atom. The van der Waals surface area contributed by atoms with Crippen LogP contribution in [-0.4, -0.2) is 49.6 Å². The summed E-state index contributed by atoms with van der Waals surface area (Å²) in [4.78, 5) is 4.76. The van der Waals surface area contributed by atoms with Crippen LogP contribution < -0.4 is 10.1 Å². The molecule has 2 aliphatic heterocycles. The maximum absolute atomic E-state index is 5.13. The van der Waals surface area contributed by atoms with E-state index in [0.717, 1.165) is 50.3 Å². The monoisotopic (exact) mass is 491 g/mol. The van der Waals surface area contributed by atoms with Gasteiger partial charge in [0.05, 0.1) is 13.2 Å². The number of anilines is 1. The molecule has 2 heterocycles. The second-order valence-electron chi connectivity index (χ2n) is 10.2. The van der Waals surface area contributed by atoms with Crippen molar-refractivity contribution in [1.29, 1.82) is 0 Å². The molecule has 1 aromatic carbocycles. The second kappa shape index (κ2) is 15.4. The normalized spacial score (nSPS) is 19.3. The van der Waals surface area contributed by atoms with E-state index in [4.69, 9.17) is 4.74 Å². The van der Waals surface area contributed by atoms with Gasteiger partial charge in [-0.3, -0.25) is 0 Å². The molecule has 4 nitrogen and oxygen atoms in total. The van der Waals surface area contributed by atoms with E-state index in [1.54, 1.807) is 7.11 Å². The molecule has 1 unspecified atom stereocenters. The van der Waals surface area contributed by atoms with E-state index in [9.17, 15) is 0 Å². The van der Waals surface area contributed by atoms with Crippen LogP contribution in [-0.2, 0) is 0 Å². The molecule has 3 rings (SSSR count). The zero-order valence-electron chi connectivity index (χ0n) is 23.8. The van der Waals surface area contributed by atoms with E-state index in [2.05, 4.69) is 93.9 Å². The molecule has 1 atom stereocenters. The van der Waals surface area contributed by atoms with Crippen LogP contribution in [0.3, 0.4) is 0 Å². The van der Waals surface area contributed by atoms with Crippen molar-refractivity contribution in [3.05, 3.63) is 83.8 Å². The molecule has 198 valence electrons. The number of ether oxygens (including phenoxy) is 1. The zero-order valence-corrected chi connectivity index (χ0v) is 23.8. The summed E-state index contributed by atoms with van der Waals surface area (Å²) >= 11 is 0. The van der Waals surface area contributed by atoms with Gasteiger partial charge in [0, 0.05) is 37.2 Å². The van der Waals surface area contributed by atoms with Gasteiger partial charge < -0.3 is 19.9 Å². The fraction of sp³-hybridized carbons (Fsp3) is 0.500. The van der Waals surface area contributed by atoms with Gasteiger partial charge in [0.2, 0.25) is 0 Å². The van der Waals surface area contributed by atoms with Gasteiger partial charge in [-0.15, -0.1) is 0 Å². The number of benzene rings is 1. The van der Waals surface area contributed by atoms with Crippen LogP contribution in [0.4, 0.5) is 5.69 Å². The topological polar surface area (TPSA) is 27.7 Å². The Morgan fingerprint density at radius 2 is 1.94 bits per heavy atom. The average molecular weight is 492 g/mol. The van der Waals surface area contributed by atoms with Crippen LogP contribution in [0.5, 0.6) is 5.75 Å². The van der Waals surface area contributed by atoms with Crippen molar-refractivity contribution in [2.75, 3.05) is 39.1 Å². The van der Waals surface area contributed by atoms with Crippen LogP contribution >= 0.6 is 0 Å². The van der Waals surface area contributed by atoms with Crippen LogP contribution in [0.25, 0.3) is 0 Å². The summed E-state index contributed by atoms with van der Waals surface area (Å²) in [6, 6.07) is 8.48. The lowest BCUT2D eigenvalue weighted by molar-refractivity contribution is 0.345. The molecule has 0 aliphatic carbocycles. The molecule has 0 radical (unpaired) electrons. The number of hydrogen-bond acceptors (Lipinski definition) is 4. The highest BCUT2D eigenvalue weighted by Gasteiger charge is 2.26. The molecule has 0 aromatic heterocycles. The van der Waals surface area contributed by atoms with Gasteiger partial charge in [-0.25, -0.2) is 0 Å². The quantitative estimate of drug-likeness (QED) is 0.361. The van der Waals surface area contributed by atoms with E-state index in [-0.39, 0.29) is 0 Å². The molecule has 1 N–H and O–H groups in total. The maximum atomic E-state index is 5.13. The van der Waals surface area contributed by atoms with E-state index in [1.807, 2.05) is 24.3 Å².